The first kappa shape index (κ1) is 80.4. The Balaban J connectivity index is 1.25. The minimum Gasteiger partial charge on any atom is -0.481 e. The maximum atomic E-state index is 14.8. The Morgan fingerprint density at radius 3 is 1.82 bits per heavy atom. The molecule has 30 nitrogen and oxygen atoms in total. The maximum absolute atomic E-state index is 14.8. The highest BCUT2D eigenvalue weighted by atomic mass is 32.2. The molecule has 3 fully saturated rings. The Kier molecular flexibility index (Phi) is 33.5. The smallest absolute Gasteiger partial charge is 0.327 e. The number of hydrogen-bond donors (Lipinski definition) is 12. The summed E-state index contributed by atoms with van der Waals surface area (Å²) in [4.78, 5) is 182. The predicted octanol–water partition coefficient (Wildman–Crippen LogP) is 0.397. The highest BCUT2D eigenvalue weighted by Crippen LogP contribution is 2.29. The van der Waals surface area contributed by atoms with Crippen LogP contribution in [0.1, 0.15) is 113 Å². The summed E-state index contributed by atoms with van der Waals surface area (Å²) < 4.78 is 0. The van der Waals surface area contributed by atoms with Crippen molar-refractivity contribution in [3.8, 4) is 0 Å². The maximum Gasteiger partial charge on any atom is 0.327 e. The lowest BCUT2D eigenvalue weighted by atomic mass is 10.0. The number of benzene rings is 2. The summed E-state index contributed by atoms with van der Waals surface area (Å²) >= 11 is 4.02. The molecule has 4 heterocycles. The molecule has 4 aliphatic heterocycles. The molecule has 99 heavy (non-hydrogen) atoms. The van der Waals surface area contributed by atoms with E-state index in [1.54, 1.807) is 45.0 Å². The van der Waals surface area contributed by atoms with Crippen LogP contribution in [0.4, 0.5) is 0 Å². The van der Waals surface area contributed by atoms with E-state index in [1.807, 2.05) is 25.1 Å². The lowest BCUT2D eigenvalue weighted by Crippen LogP contribution is -2.61. The van der Waals surface area contributed by atoms with Crippen molar-refractivity contribution in [1.29, 1.82) is 0 Å². The van der Waals surface area contributed by atoms with Crippen LogP contribution >= 0.6 is 35.3 Å². The number of thioether (sulfide) groups is 3. The van der Waals surface area contributed by atoms with Crippen molar-refractivity contribution in [3.05, 3.63) is 70.8 Å². The largest absolute Gasteiger partial charge is 0.481 e. The number of nitrogens with one attached hydrogen (secondary N) is 6. The number of aliphatic hydroxyl groups is 1. The molecule has 9 atom stereocenters. The number of carboxylic acids is 5. The van der Waals surface area contributed by atoms with Gasteiger partial charge in [0.2, 0.25) is 47.3 Å². The van der Waals surface area contributed by atoms with Crippen LogP contribution in [-0.4, -0.2) is 276 Å². The number of carboxylic acid groups (broad SMARTS) is 5. The van der Waals surface area contributed by atoms with Crippen LogP contribution in [0.25, 0.3) is 0 Å². The van der Waals surface area contributed by atoms with E-state index in [0.717, 1.165) is 29.5 Å². The summed E-state index contributed by atoms with van der Waals surface area (Å²) in [6.45, 7) is 4.36. The van der Waals surface area contributed by atoms with Gasteiger partial charge >= 0.3 is 29.8 Å². The van der Waals surface area contributed by atoms with Crippen LogP contribution < -0.4 is 31.9 Å². The fourth-order valence-electron chi connectivity index (χ4n) is 12.3. The lowest BCUT2D eigenvalue weighted by molar-refractivity contribution is -0.148. The third kappa shape index (κ3) is 26.8. The number of aliphatic hydroxyl groups excluding tert-OH is 1. The first-order chi connectivity index (χ1) is 47.3. The van der Waals surface area contributed by atoms with E-state index in [1.165, 1.54) is 52.0 Å². The fourth-order valence-corrected chi connectivity index (χ4v) is 15.1. The van der Waals surface area contributed by atoms with E-state index in [9.17, 15) is 93.0 Å². The molecule has 4 aliphatic rings. The average Bonchev–Trinajstić information content (AvgIpc) is 1.68. The molecule has 0 aliphatic carbocycles. The Morgan fingerprint density at radius 1 is 0.626 bits per heavy atom. The molecule has 6 rings (SSSR count). The first-order valence-electron chi connectivity index (χ1n) is 33.6. The molecule has 0 saturated carbocycles. The van der Waals surface area contributed by atoms with Gasteiger partial charge in [0.15, 0.2) is 0 Å². The number of aliphatic carboxylic acids is 5. The van der Waals surface area contributed by atoms with Crippen LogP contribution in [0.3, 0.4) is 0 Å². The van der Waals surface area contributed by atoms with Crippen molar-refractivity contribution in [2.45, 2.75) is 169 Å². The molecule has 2 aromatic rings. The molecule has 33 heteroatoms. The van der Waals surface area contributed by atoms with E-state index in [2.05, 4.69) is 31.9 Å². The lowest BCUT2D eigenvalue weighted by Gasteiger charge is -2.33. The van der Waals surface area contributed by atoms with E-state index in [0.29, 0.717) is 42.1 Å². The van der Waals surface area contributed by atoms with Gasteiger partial charge in [-0.1, -0.05) is 68.3 Å². The van der Waals surface area contributed by atoms with Crippen molar-refractivity contribution < 1.29 is 93.0 Å². The second kappa shape index (κ2) is 41.2. The van der Waals surface area contributed by atoms with E-state index in [4.69, 9.17) is 0 Å². The SMILES string of the molecule is CCCCCC(=O)N[C@H]1CSCc2cc(CSCCNC(=O)CCC(C(=O)O)N3CCN(CC(=O)O)CCN(CC(=O)O)CC3)cc(c2)CSC[C@@H](C(=O)O)NC(=O)[C@H](Cc2ccccc2)NC(=O)[C@H](CCC(=O)O)NC(=O)[C@H]([C@@H](C)O)NC(=O)[C@@H]2CCCN2C(=O)[C@@H]2CCCN2C1=O. The highest BCUT2D eigenvalue weighted by molar-refractivity contribution is 7.99. The minimum absolute atomic E-state index is 0.0730. The zero-order valence-corrected chi connectivity index (χ0v) is 58.4. The number of fused-ring (bicyclic) bond motifs is 4. The zero-order chi connectivity index (χ0) is 72.1. The normalized spacial score (nSPS) is 23.4. The number of hydrogen-bond acceptors (Lipinski definition) is 20. The summed E-state index contributed by atoms with van der Waals surface area (Å²) in [6.07, 6.45) is 0.370. The van der Waals surface area contributed by atoms with Gasteiger partial charge in [-0.05, 0) is 74.1 Å². The topological polar surface area (TPSA) is 432 Å². The summed E-state index contributed by atoms with van der Waals surface area (Å²) in [6, 6.07) is 3.42. The van der Waals surface area contributed by atoms with Crippen LogP contribution in [0.15, 0.2) is 48.5 Å². The molecule has 2 bridgehead atoms. The van der Waals surface area contributed by atoms with Crippen LogP contribution in [-0.2, 0) is 86.0 Å². The second-order valence-corrected chi connectivity index (χ2v) is 28.4. The monoisotopic (exact) mass is 1440 g/mol. The van der Waals surface area contributed by atoms with Gasteiger partial charge in [-0.15, -0.1) is 0 Å². The Bertz CT molecular complexity index is 3110. The summed E-state index contributed by atoms with van der Waals surface area (Å²) in [5.74, 6) is -10.5. The molecular weight excluding hydrogens is 1350 g/mol. The highest BCUT2D eigenvalue weighted by Gasteiger charge is 2.45. The Labute approximate surface area is 588 Å². The quantitative estimate of drug-likeness (QED) is 0.0567. The van der Waals surface area contributed by atoms with E-state index in [-0.39, 0.29) is 134 Å². The summed E-state index contributed by atoms with van der Waals surface area (Å²) in [5, 5.41) is 76.4. The van der Waals surface area contributed by atoms with Crippen molar-refractivity contribution in [3.63, 3.8) is 0 Å². The van der Waals surface area contributed by atoms with Gasteiger partial charge in [-0.3, -0.25) is 72.2 Å². The Hall–Kier alpha value is -7.56. The number of unbranched alkanes of at least 4 members (excludes halogenated alkanes) is 2. The third-order valence-corrected chi connectivity index (χ3v) is 20.7. The minimum atomic E-state index is -1.75. The molecule has 546 valence electrons. The van der Waals surface area contributed by atoms with E-state index >= 15 is 0 Å². The molecule has 8 amide bonds. The fraction of sp³-hybridized carbons (Fsp3) is 0.621. The van der Waals surface area contributed by atoms with Crippen molar-refractivity contribution in [2.75, 3.05) is 89.3 Å². The first-order valence-corrected chi connectivity index (χ1v) is 37.0. The van der Waals surface area contributed by atoms with Gasteiger partial charge in [0.25, 0.3) is 0 Å². The van der Waals surface area contributed by atoms with Gasteiger partial charge in [0.1, 0.15) is 48.3 Å². The van der Waals surface area contributed by atoms with Gasteiger partial charge in [0, 0.05) is 119 Å². The molecular formula is C66H95N11O19S3. The number of nitrogens with zero attached hydrogens (tertiary/aromatic N) is 5. The molecule has 0 radical (unpaired) electrons. The molecule has 0 aromatic heterocycles. The van der Waals surface area contributed by atoms with Gasteiger partial charge < -0.3 is 72.3 Å². The summed E-state index contributed by atoms with van der Waals surface area (Å²) in [5.41, 5.74) is 2.93. The standard InChI is InChI=1S/C66H95N11O19S3/c1-3-4-6-15-54(80)68-48-39-98-37-44-30-43(36-97-29-20-67-53(79)18-17-52(66(95)96)75-27-25-73(34-56(83)84)23-24-74(26-28-75)35-57(85)86)31-45(32-44)38-99-40-49(65(93)94)71-60(88)47(33-42-11-7-5-8-12-42)70-59(87)46(16-19-55(81)82)69-62(90)58(41(2)78)72-61(89)50-13-9-21-76(50)64(92)51-14-10-22-77(51)63(48)91/h5,7-8,11-12,30-32,41,46-52,58,78H,3-4,6,9-10,13-29,33-40H2,1-2H3,(H,67,79)(H,68,80)(H,69,90)(H,70,87)(H,71,88)(H,72,89)(H,81,82)(H,83,84)(H,85,86)(H,93,94)(H,95,96)/t41-,46+,47+,48+,49+,50+,51+,52?,58+/m1/s1. The number of carbonyl (C=O) groups is 13. The van der Waals surface area contributed by atoms with Crippen LogP contribution in [0.5, 0.6) is 0 Å². The van der Waals surface area contributed by atoms with Gasteiger partial charge in [-0.25, -0.2) is 4.79 Å². The molecule has 0 spiro atoms. The van der Waals surface area contributed by atoms with Gasteiger partial charge in [-0.2, -0.15) is 35.3 Å². The molecule has 12 N–H and O–H groups in total. The molecule has 1 unspecified atom stereocenters. The van der Waals surface area contributed by atoms with Crippen molar-refractivity contribution >= 4 is 112 Å². The second-order valence-electron chi connectivity index (χ2n) is 25.2. The van der Waals surface area contributed by atoms with Gasteiger partial charge in [0.05, 0.1) is 19.2 Å². The zero-order valence-electron chi connectivity index (χ0n) is 56.0. The molecule has 2 aromatic carbocycles. The number of amides is 8. The molecule has 3 saturated heterocycles. The van der Waals surface area contributed by atoms with Crippen LogP contribution in [0.2, 0.25) is 0 Å². The predicted molar refractivity (Wildman–Crippen MR) is 368 cm³/mol. The summed E-state index contributed by atoms with van der Waals surface area (Å²) in [7, 11) is 0. The Morgan fingerprint density at radius 2 is 1.22 bits per heavy atom. The van der Waals surface area contributed by atoms with Crippen LogP contribution in [0, 0.1) is 0 Å². The third-order valence-electron chi connectivity index (χ3n) is 17.5. The van der Waals surface area contributed by atoms with E-state index < -0.39 is 138 Å². The average molecular weight is 1440 g/mol. The van der Waals surface area contributed by atoms with Crippen molar-refractivity contribution in [2.24, 2.45) is 0 Å². The number of carbonyl (C=O) groups excluding carboxylic acids is 8. The number of rotatable bonds is 26. The van der Waals surface area contributed by atoms with Crippen molar-refractivity contribution in [1.82, 2.24) is 56.4 Å².